The zero-order valence-electron chi connectivity index (χ0n) is 9.55. The Morgan fingerprint density at radius 2 is 1.92 bits per heavy atom. The first-order valence-corrected chi connectivity index (χ1v) is 5.57. The molecular formula is C12H25N. The lowest BCUT2D eigenvalue weighted by molar-refractivity contribution is 0.240. The summed E-state index contributed by atoms with van der Waals surface area (Å²) in [4.78, 5) is 2.47. The van der Waals surface area contributed by atoms with E-state index in [2.05, 4.69) is 32.3 Å². The molecule has 0 atom stereocenters. The van der Waals surface area contributed by atoms with Gasteiger partial charge < -0.3 is 0 Å². The third-order valence-electron chi connectivity index (χ3n) is 2.39. The van der Waals surface area contributed by atoms with Crippen molar-refractivity contribution in [2.75, 3.05) is 13.1 Å². The van der Waals surface area contributed by atoms with E-state index in [4.69, 9.17) is 0 Å². The Bertz CT molecular complexity index is 118. The molecule has 0 heterocycles. The van der Waals surface area contributed by atoms with Crippen molar-refractivity contribution >= 4 is 0 Å². The summed E-state index contributed by atoms with van der Waals surface area (Å²) < 4.78 is 0. The first-order chi connectivity index (χ1) is 6.22. The topological polar surface area (TPSA) is 3.24 Å². The molecule has 0 saturated heterocycles. The number of hydrogen-bond acceptors (Lipinski definition) is 1. The van der Waals surface area contributed by atoms with Gasteiger partial charge in [0.05, 0.1) is 0 Å². The maximum absolute atomic E-state index is 3.79. The molecule has 0 radical (unpaired) electrons. The minimum absolute atomic E-state index is 0.652. The molecule has 13 heavy (non-hydrogen) atoms. The van der Waals surface area contributed by atoms with Gasteiger partial charge in [-0.05, 0) is 26.8 Å². The van der Waals surface area contributed by atoms with E-state index in [-0.39, 0.29) is 0 Å². The van der Waals surface area contributed by atoms with E-state index in [0.29, 0.717) is 6.04 Å². The van der Waals surface area contributed by atoms with Crippen molar-refractivity contribution in [1.29, 1.82) is 0 Å². The van der Waals surface area contributed by atoms with Crippen LogP contribution >= 0.6 is 0 Å². The number of hydrogen-bond donors (Lipinski definition) is 0. The van der Waals surface area contributed by atoms with Gasteiger partial charge in [-0.3, -0.25) is 4.90 Å². The number of unbranched alkanes of at least 4 members (excludes halogenated alkanes) is 3. The van der Waals surface area contributed by atoms with Crippen molar-refractivity contribution in [3.8, 4) is 0 Å². The maximum Gasteiger partial charge on any atom is 0.0163 e. The summed E-state index contributed by atoms with van der Waals surface area (Å²) in [5, 5.41) is 0. The average Bonchev–Trinajstić information content (AvgIpc) is 2.10. The molecule has 0 saturated carbocycles. The van der Waals surface area contributed by atoms with Gasteiger partial charge >= 0.3 is 0 Å². The van der Waals surface area contributed by atoms with E-state index in [1.807, 2.05) is 6.08 Å². The highest BCUT2D eigenvalue weighted by atomic mass is 15.1. The lowest BCUT2D eigenvalue weighted by Crippen LogP contribution is -2.31. The van der Waals surface area contributed by atoms with Crippen LogP contribution in [-0.2, 0) is 0 Å². The molecule has 0 fully saturated rings. The van der Waals surface area contributed by atoms with Gasteiger partial charge in [0.25, 0.3) is 0 Å². The first-order valence-electron chi connectivity index (χ1n) is 5.57. The van der Waals surface area contributed by atoms with Gasteiger partial charge in [-0.25, -0.2) is 0 Å². The summed E-state index contributed by atoms with van der Waals surface area (Å²) in [7, 11) is 0. The fourth-order valence-electron chi connectivity index (χ4n) is 1.47. The third-order valence-corrected chi connectivity index (χ3v) is 2.39. The van der Waals surface area contributed by atoms with E-state index in [1.54, 1.807) is 0 Å². The predicted octanol–water partition coefficient (Wildman–Crippen LogP) is 3.46. The lowest BCUT2D eigenvalue weighted by Gasteiger charge is -2.24. The monoisotopic (exact) mass is 183 g/mol. The van der Waals surface area contributed by atoms with Crippen molar-refractivity contribution in [2.24, 2.45) is 0 Å². The molecule has 0 aromatic rings. The van der Waals surface area contributed by atoms with Gasteiger partial charge in [0.2, 0.25) is 0 Å². The Morgan fingerprint density at radius 3 is 2.38 bits per heavy atom. The molecule has 0 aromatic carbocycles. The summed E-state index contributed by atoms with van der Waals surface area (Å²) in [5.74, 6) is 0. The Labute approximate surface area is 83.8 Å². The third kappa shape index (κ3) is 6.83. The highest BCUT2D eigenvalue weighted by molar-refractivity contribution is 4.75. The second-order valence-corrected chi connectivity index (χ2v) is 3.94. The van der Waals surface area contributed by atoms with Crippen LogP contribution in [0.2, 0.25) is 0 Å². The normalized spacial score (nSPS) is 11.2. The van der Waals surface area contributed by atoms with Crippen LogP contribution in [0.3, 0.4) is 0 Å². The Kier molecular flexibility index (Phi) is 8.11. The van der Waals surface area contributed by atoms with E-state index >= 15 is 0 Å². The quantitative estimate of drug-likeness (QED) is 0.411. The van der Waals surface area contributed by atoms with E-state index in [9.17, 15) is 0 Å². The molecule has 0 N–H and O–H groups in total. The summed E-state index contributed by atoms with van der Waals surface area (Å²) in [6.07, 6.45) is 7.40. The van der Waals surface area contributed by atoms with E-state index in [1.165, 1.54) is 32.2 Å². The Hall–Kier alpha value is -0.300. The molecule has 0 rings (SSSR count). The molecule has 78 valence electrons. The van der Waals surface area contributed by atoms with Crippen LogP contribution in [0.5, 0.6) is 0 Å². The summed E-state index contributed by atoms with van der Waals surface area (Å²) >= 11 is 0. The highest BCUT2D eigenvalue weighted by Gasteiger charge is 2.05. The fourth-order valence-corrected chi connectivity index (χ4v) is 1.47. The Morgan fingerprint density at radius 1 is 1.23 bits per heavy atom. The smallest absolute Gasteiger partial charge is 0.0163 e. The molecule has 0 amide bonds. The minimum atomic E-state index is 0.652. The number of rotatable bonds is 8. The molecule has 0 aliphatic carbocycles. The Balaban J connectivity index is 3.50. The van der Waals surface area contributed by atoms with Crippen LogP contribution in [0.1, 0.15) is 46.5 Å². The van der Waals surface area contributed by atoms with Crippen LogP contribution in [0.4, 0.5) is 0 Å². The van der Waals surface area contributed by atoms with Gasteiger partial charge in [0, 0.05) is 12.6 Å². The molecule has 0 bridgehead atoms. The van der Waals surface area contributed by atoms with Gasteiger partial charge in [0.15, 0.2) is 0 Å². The van der Waals surface area contributed by atoms with E-state index in [0.717, 1.165) is 6.54 Å². The van der Waals surface area contributed by atoms with Crippen LogP contribution in [-0.4, -0.2) is 24.0 Å². The van der Waals surface area contributed by atoms with Crippen LogP contribution in [0, 0.1) is 0 Å². The molecular weight excluding hydrogens is 158 g/mol. The van der Waals surface area contributed by atoms with Crippen molar-refractivity contribution in [1.82, 2.24) is 4.90 Å². The van der Waals surface area contributed by atoms with Crippen LogP contribution < -0.4 is 0 Å². The minimum Gasteiger partial charge on any atom is -0.297 e. The molecule has 0 spiro atoms. The largest absolute Gasteiger partial charge is 0.297 e. The molecule has 0 aliphatic heterocycles. The summed E-state index contributed by atoms with van der Waals surface area (Å²) in [6.45, 7) is 12.8. The SMILES string of the molecule is C=CCN(CCCCCC)C(C)C. The molecule has 0 aromatic heterocycles. The molecule has 0 aliphatic rings. The molecule has 1 heteroatoms. The summed E-state index contributed by atoms with van der Waals surface area (Å²) in [6, 6.07) is 0.652. The molecule has 0 unspecified atom stereocenters. The fraction of sp³-hybridized carbons (Fsp3) is 0.833. The predicted molar refractivity (Wildman–Crippen MR) is 61.0 cm³/mol. The van der Waals surface area contributed by atoms with Crippen molar-refractivity contribution in [3.63, 3.8) is 0 Å². The maximum atomic E-state index is 3.79. The second kappa shape index (κ2) is 8.31. The van der Waals surface area contributed by atoms with Gasteiger partial charge in [-0.2, -0.15) is 0 Å². The second-order valence-electron chi connectivity index (χ2n) is 3.94. The first kappa shape index (κ1) is 12.7. The van der Waals surface area contributed by atoms with Gasteiger partial charge in [-0.15, -0.1) is 6.58 Å². The highest BCUT2D eigenvalue weighted by Crippen LogP contribution is 2.04. The lowest BCUT2D eigenvalue weighted by atomic mass is 10.2. The van der Waals surface area contributed by atoms with E-state index < -0.39 is 0 Å². The zero-order valence-corrected chi connectivity index (χ0v) is 9.55. The molecule has 1 nitrogen and oxygen atoms in total. The van der Waals surface area contributed by atoms with Crippen molar-refractivity contribution in [2.45, 2.75) is 52.5 Å². The average molecular weight is 183 g/mol. The van der Waals surface area contributed by atoms with Crippen LogP contribution in [0.25, 0.3) is 0 Å². The van der Waals surface area contributed by atoms with Crippen LogP contribution in [0.15, 0.2) is 12.7 Å². The van der Waals surface area contributed by atoms with Gasteiger partial charge in [0.1, 0.15) is 0 Å². The number of nitrogens with zero attached hydrogens (tertiary/aromatic N) is 1. The van der Waals surface area contributed by atoms with Crippen molar-refractivity contribution < 1.29 is 0 Å². The van der Waals surface area contributed by atoms with Crippen molar-refractivity contribution in [3.05, 3.63) is 12.7 Å². The summed E-state index contributed by atoms with van der Waals surface area (Å²) in [5.41, 5.74) is 0. The standard InChI is InChI=1S/C12H25N/c1-5-7-8-9-11-13(10-6-2)12(3)4/h6,12H,2,5,7-11H2,1,3-4H3. The zero-order chi connectivity index (χ0) is 10.1. The van der Waals surface area contributed by atoms with Gasteiger partial charge in [-0.1, -0.05) is 32.3 Å².